The molecule has 7 heteroatoms. The third-order valence-corrected chi connectivity index (χ3v) is 6.13. The van der Waals surface area contributed by atoms with Crippen molar-refractivity contribution in [3.05, 3.63) is 72.8 Å². The Morgan fingerprint density at radius 2 is 1.97 bits per heavy atom. The number of imidazole rings is 1. The molecule has 0 bridgehead atoms. The van der Waals surface area contributed by atoms with Crippen LogP contribution < -0.4 is 14.2 Å². The van der Waals surface area contributed by atoms with Gasteiger partial charge in [0.25, 0.3) is 0 Å². The van der Waals surface area contributed by atoms with Gasteiger partial charge in [-0.15, -0.1) is 0 Å². The van der Waals surface area contributed by atoms with E-state index in [2.05, 4.69) is 111 Å². The first-order valence-electron chi connectivity index (χ1n) is 10.2. The summed E-state index contributed by atoms with van der Waals surface area (Å²) in [5.74, 6) is 3.22. The van der Waals surface area contributed by atoms with Gasteiger partial charge in [-0.25, -0.2) is 19.2 Å². The van der Waals surface area contributed by atoms with Crippen LogP contribution in [0.25, 0.3) is 11.3 Å². The Hall–Kier alpha value is -3.61. The Bertz CT molecular complexity index is 1280. The van der Waals surface area contributed by atoms with E-state index in [9.17, 15) is 0 Å². The third-order valence-electron chi connectivity index (χ3n) is 6.13. The summed E-state index contributed by atoms with van der Waals surface area (Å²) in [7, 11) is 8.42. The Balaban J connectivity index is 1.79. The van der Waals surface area contributed by atoms with Gasteiger partial charge in [0.1, 0.15) is 11.6 Å². The number of anilines is 2. The van der Waals surface area contributed by atoms with Crippen molar-refractivity contribution >= 4 is 23.1 Å². The Morgan fingerprint density at radius 1 is 1.10 bits per heavy atom. The maximum Gasteiger partial charge on any atom is 0.371 e. The second-order valence-electron chi connectivity index (χ2n) is 8.35. The van der Waals surface area contributed by atoms with E-state index in [0.717, 1.165) is 23.4 Å². The second kappa shape index (κ2) is 5.95. The van der Waals surface area contributed by atoms with Crippen LogP contribution in [-0.4, -0.2) is 59.2 Å². The Labute approximate surface area is 175 Å². The lowest BCUT2D eigenvalue weighted by atomic mass is 9.99. The molecule has 0 amide bonds. The average molecular weight is 400 g/mol. The monoisotopic (exact) mass is 399 g/mol. The summed E-state index contributed by atoms with van der Waals surface area (Å²) >= 11 is 0. The van der Waals surface area contributed by atoms with Crippen molar-refractivity contribution in [3.63, 3.8) is 0 Å². The van der Waals surface area contributed by atoms with Crippen molar-refractivity contribution in [3.8, 4) is 5.82 Å². The maximum atomic E-state index is 4.87. The first-order chi connectivity index (χ1) is 14.6. The summed E-state index contributed by atoms with van der Waals surface area (Å²) in [5, 5.41) is 0. The molecule has 1 fully saturated rings. The molecule has 1 saturated heterocycles. The van der Waals surface area contributed by atoms with Gasteiger partial charge in [0.2, 0.25) is 5.82 Å². The van der Waals surface area contributed by atoms with Crippen LogP contribution in [0.15, 0.2) is 67.2 Å². The summed E-state index contributed by atoms with van der Waals surface area (Å²) in [5.41, 5.74) is 3.59. The molecule has 6 rings (SSSR count). The number of nitrogens with zero attached hydrogens (tertiary/aromatic N) is 7. The largest absolute Gasteiger partial charge is 0.371 e. The predicted octanol–water partition coefficient (Wildman–Crippen LogP) is 1.93. The molecule has 3 aliphatic heterocycles. The van der Waals surface area contributed by atoms with Gasteiger partial charge in [-0.05, 0) is 36.4 Å². The van der Waals surface area contributed by atoms with Gasteiger partial charge in [0.15, 0.2) is 17.4 Å². The van der Waals surface area contributed by atoms with E-state index in [-0.39, 0.29) is 12.1 Å². The SMILES string of the molecule is CN(C)c1n2c(c3cccc[n+]13)C1C3C=CC=CN3C(=[N+](C)C)N1c1cccnc1-2. The second-order valence-corrected chi connectivity index (χ2v) is 8.35. The fraction of sp³-hybridized carbons (Fsp3) is 0.261. The molecule has 3 aliphatic rings. The standard InChI is InChI=1S/C23H25N7/c1-25(2)22-27-14-7-5-10-16(27)19-20-17-11-6-8-15-28(17)23(26(3)4)30(20)21-18(29(19)22)12-9-13-24-21/h5-16,19H,1-4H3/q+2. The molecular formula is C23H25N7+2. The van der Waals surface area contributed by atoms with E-state index in [1.807, 2.05) is 12.3 Å². The summed E-state index contributed by atoms with van der Waals surface area (Å²) in [6.07, 6.45) is 12.8. The van der Waals surface area contributed by atoms with Gasteiger partial charge < -0.3 is 0 Å². The lowest BCUT2D eigenvalue weighted by Crippen LogP contribution is -2.41. The number of pyridine rings is 2. The van der Waals surface area contributed by atoms with Crippen molar-refractivity contribution in [1.82, 2.24) is 14.5 Å². The van der Waals surface area contributed by atoms with Crippen LogP contribution in [-0.2, 0) is 0 Å². The van der Waals surface area contributed by atoms with E-state index in [1.165, 1.54) is 11.2 Å². The molecule has 2 atom stereocenters. The highest BCUT2D eigenvalue weighted by Gasteiger charge is 2.59. The number of aromatic nitrogens is 3. The van der Waals surface area contributed by atoms with Crippen LogP contribution in [0, 0.1) is 0 Å². The highest BCUT2D eigenvalue weighted by molar-refractivity contribution is 6.00. The number of guanidine groups is 1. The van der Waals surface area contributed by atoms with Crippen molar-refractivity contribution < 1.29 is 8.98 Å². The number of rotatable bonds is 1. The molecule has 0 saturated carbocycles. The van der Waals surface area contributed by atoms with Crippen molar-refractivity contribution in [1.29, 1.82) is 0 Å². The van der Waals surface area contributed by atoms with Crippen LogP contribution in [0.4, 0.5) is 11.6 Å². The molecular weight excluding hydrogens is 374 g/mol. The van der Waals surface area contributed by atoms with E-state index >= 15 is 0 Å². The van der Waals surface area contributed by atoms with Gasteiger partial charge in [0.05, 0.1) is 40.6 Å². The highest BCUT2D eigenvalue weighted by Crippen LogP contribution is 2.48. The molecule has 2 unspecified atom stereocenters. The van der Waals surface area contributed by atoms with Gasteiger partial charge >= 0.3 is 11.9 Å². The minimum Gasteiger partial charge on any atom is -0.269 e. The van der Waals surface area contributed by atoms with Crippen LogP contribution >= 0.6 is 0 Å². The lowest BCUT2D eigenvalue weighted by Gasteiger charge is -2.27. The van der Waals surface area contributed by atoms with E-state index in [4.69, 9.17) is 4.98 Å². The number of hydrogen-bond acceptors (Lipinski definition) is 2. The minimum atomic E-state index is 0.131. The average Bonchev–Trinajstić information content (AvgIpc) is 3.27. The number of fused-ring (bicyclic) bond motifs is 10. The third kappa shape index (κ3) is 2.01. The molecule has 30 heavy (non-hydrogen) atoms. The fourth-order valence-corrected chi connectivity index (χ4v) is 5.17. The molecule has 3 aromatic heterocycles. The summed E-state index contributed by atoms with van der Waals surface area (Å²) in [6, 6.07) is 11.0. The molecule has 7 nitrogen and oxygen atoms in total. The predicted molar refractivity (Wildman–Crippen MR) is 117 cm³/mol. The van der Waals surface area contributed by atoms with Crippen molar-refractivity contribution in [2.75, 3.05) is 38.0 Å². The van der Waals surface area contributed by atoms with E-state index in [0.29, 0.717) is 0 Å². The Morgan fingerprint density at radius 3 is 2.77 bits per heavy atom. The van der Waals surface area contributed by atoms with Gasteiger partial charge in [-0.1, -0.05) is 12.1 Å². The molecule has 0 spiro atoms. The molecule has 3 aromatic rings. The first kappa shape index (κ1) is 17.3. The van der Waals surface area contributed by atoms with Gasteiger partial charge in [0, 0.05) is 6.20 Å². The molecule has 0 aliphatic carbocycles. The van der Waals surface area contributed by atoms with Crippen LogP contribution in [0.2, 0.25) is 0 Å². The number of allylic oxidation sites excluding steroid dienone is 2. The lowest BCUT2D eigenvalue weighted by molar-refractivity contribution is -0.497. The normalized spacial score (nSPS) is 20.9. The van der Waals surface area contributed by atoms with Crippen LogP contribution in [0.1, 0.15) is 11.7 Å². The molecule has 0 radical (unpaired) electrons. The van der Waals surface area contributed by atoms with Crippen LogP contribution in [0.5, 0.6) is 0 Å². The van der Waals surface area contributed by atoms with Crippen LogP contribution in [0.3, 0.4) is 0 Å². The van der Waals surface area contributed by atoms with E-state index < -0.39 is 0 Å². The fourth-order valence-electron chi connectivity index (χ4n) is 5.17. The summed E-state index contributed by atoms with van der Waals surface area (Å²) in [4.78, 5) is 11.9. The number of hydrogen-bond donors (Lipinski definition) is 0. The minimum absolute atomic E-state index is 0.131. The molecule has 0 N–H and O–H groups in total. The molecule has 6 heterocycles. The highest BCUT2D eigenvalue weighted by atomic mass is 15.5. The summed E-state index contributed by atoms with van der Waals surface area (Å²) in [6.45, 7) is 0. The van der Waals surface area contributed by atoms with E-state index in [1.54, 1.807) is 0 Å². The zero-order chi connectivity index (χ0) is 20.6. The van der Waals surface area contributed by atoms with Gasteiger partial charge in [-0.3, -0.25) is 9.48 Å². The maximum absolute atomic E-state index is 4.87. The quantitative estimate of drug-likeness (QED) is 0.586. The summed E-state index contributed by atoms with van der Waals surface area (Å²) < 4.78 is 6.82. The topological polar surface area (TPSA) is 34.6 Å². The van der Waals surface area contributed by atoms with Crippen molar-refractivity contribution in [2.24, 2.45) is 0 Å². The first-order valence-corrected chi connectivity index (χ1v) is 10.2. The van der Waals surface area contributed by atoms with Crippen molar-refractivity contribution in [2.45, 2.75) is 12.1 Å². The zero-order valence-electron chi connectivity index (χ0n) is 17.6. The molecule has 150 valence electrons. The Kier molecular flexibility index (Phi) is 3.42. The van der Waals surface area contributed by atoms with Gasteiger partial charge in [-0.2, -0.15) is 4.57 Å². The molecule has 0 aromatic carbocycles. The zero-order valence-corrected chi connectivity index (χ0v) is 17.6. The smallest absolute Gasteiger partial charge is 0.269 e.